The molecular weight excluding hydrogens is 322 g/mol. The first-order valence-corrected chi connectivity index (χ1v) is 8.59. The molecule has 5 nitrogen and oxygen atoms in total. The zero-order chi connectivity index (χ0) is 16.5. The van der Waals surface area contributed by atoms with Crippen LogP contribution in [0.4, 0.5) is 0 Å². The summed E-state index contributed by atoms with van der Waals surface area (Å²) in [5.74, 6) is -0.404. The Labute approximate surface area is 143 Å². The van der Waals surface area contributed by atoms with Crippen molar-refractivity contribution < 1.29 is 9.53 Å². The Bertz CT molecular complexity index is 926. The number of hydrogen-bond acceptors (Lipinski definition) is 5. The van der Waals surface area contributed by atoms with E-state index in [0.717, 1.165) is 27.5 Å². The topological polar surface area (TPSA) is 56.5 Å². The van der Waals surface area contributed by atoms with Crippen LogP contribution in [0.2, 0.25) is 0 Å². The number of ether oxygens (including phenoxy) is 1. The van der Waals surface area contributed by atoms with E-state index in [1.807, 2.05) is 40.3 Å². The molecule has 0 bridgehead atoms. The van der Waals surface area contributed by atoms with E-state index in [2.05, 4.69) is 11.1 Å². The minimum atomic E-state index is -0.404. The maximum Gasteiger partial charge on any atom is 0.358 e. The SMILES string of the molecule is CCOC(=O)c1ncn2c1CN=C(c1cccs1)c1ccccc1-2. The summed E-state index contributed by atoms with van der Waals surface area (Å²) >= 11 is 1.65. The van der Waals surface area contributed by atoms with E-state index in [-0.39, 0.29) is 0 Å². The molecule has 0 saturated carbocycles. The van der Waals surface area contributed by atoms with Crippen LogP contribution in [0.25, 0.3) is 5.69 Å². The average Bonchev–Trinajstić information content (AvgIpc) is 3.23. The highest BCUT2D eigenvalue weighted by molar-refractivity contribution is 7.12. The normalized spacial score (nSPS) is 12.8. The number of carbonyl (C=O) groups is 1. The highest BCUT2D eigenvalue weighted by Crippen LogP contribution is 2.28. The third kappa shape index (κ3) is 2.35. The van der Waals surface area contributed by atoms with Crippen LogP contribution in [-0.4, -0.2) is 27.8 Å². The molecule has 6 heteroatoms. The number of aliphatic imine (C=N–C) groups is 1. The second-order valence-corrected chi connectivity index (χ2v) is 6.24. The summed E-state index contributed by atoms with van der Waals surface area (Å²) in [7, 11) is 0. The molecule has 0 radical (unpaired) electrons. The number of hydrogen-bond donors (Lipinski definition) is 0. The Balaban J connectivity index is 1.90. The van der Waals surface area contributed by atoms with E-state index in [1.165, 1.54) is 0 Å². The summed E-state index contributed by atoms with van der Waals surface area (Å²) in [5.41, 5.74) is 4.04. The molecular formula is C18H15N3O2S. The molecule has 0 N–H and O–H groups in total. The lowest BCUT2D eigenvalue weighted by Gasteiger charge is -2.10. The van der Waals surface area contributed by atoms with Crippen LogP contribution in [0.5, 0.6) is 0 Å². The first-order valence-electron chi connectivity index (χ1n) is 7.71. The lowest BCUT2D eigenvalue weighted by Crippen LogP contribution is -2.09. The summed E-state index contributed by atoms with van der Waals surface area (Å²) in [4.78, 5) is 22.3. The first kappa shape index (κ1) is 14.8. The number of esters is 1. The number of benzene rings is 1. The van der Waals surface area contributed by atoms with Gasteiger partial charge in [0.15, 0.2) is 5.69 Å². The van der Waals surface area contributed by atoms with Crippen molar-refractivity contribution in [3.63, 3.8) is 0 Å². The molecule has 2 aromatic heterocycles. The van der Waals surface area contributed by atoms with E-state index in [4.69, 9.17) is 9.73 Å². The number of nitrogens with zero attached hydrogens (tertiary/aromatic N) is 3. The van der Waals surface area contributed by atoms with Crippen LogP contribution < -0.4 is 0 Å². The molecule has 1 aromatic carbocycles. The molecule has 24 heavy (non-hydrogen) atoms. The maximum absolute atomic E-state index is 12.2. The molecule has 3 aromatic rings. The molecule has 120 valence electrons. The van der Waals surface area contributed by atoms with Crippen LogP contribution in [0.15, 0.2) is 53.1 Å². The molecule has 4 rings (SSSR count). The zero-order valence-corrected chi connectivity index (χ0v) is 13.9. The van der Waals surface area contributed by atoms with Crippen molar-refractivity contribution in [1.82, 2.24) is 9.55 Å². The van der Waals surface area contributed by atoms with Gasteiger partial charge in [-0.15, -0.1) is 11.3 Å². The minimum Gasteiger partial charge on any atom is -0.461 e. The van der Waals surface area contributed by atoms with Crippen molar-refractivity contribution in [3.05, 3.63) is 69.9 Å². The van der Waals surface area contributed by atoms with Gasteiger partial charge in [0.25, 0.3) is 0 Å². The zero-order valence-electron chi connectivity index (χ0n) is 13.1. The van der Waals surface area contributed by atoms with Gasteiger partial charge in [0.05, 0.1) is 35.1 Å². The first-order chi connectivity index (χ1) is 11.8. The molecule has 3 heterocycles. The molecule has 0 spiro atoms. The fourth-order valence-corrected chi connectivity index (χ4v) is 3.60. The predicted octanol–water partition coefficient (Wildman–Crippen LogP) is 3.46. The second-order valence-electron chi connectivity index (χ2n) is 5.29. The van der Waals surface area contributed by atoms with Crippen molar-refractivity contribution in [3.8, 4) is 5.69 Å². The summed E-state index contributed by atoms with van der Waals surface area (Å²) in [6, 6.07) is 12.1. The predicted molar refractivity (Wildman–Crippen MR) is 93.2 cm³/mol. The summed E-state index contributed by atoms with van der Waals surface area (Å²) in [6.45, 7) is 2.50. The van der Waals surface area contributed by atoms with E-state index in [9.17, 15) is 4.79 Å². The van der Waals surface area contributed by atoms with Crippen LogP contribution in [-0.2, 0) is 11.3 Å². The van der Waals surface area contributed by atoms with E-state index < -0.39 is 5.97 Å². The lowest BCUT2D eigenvalue weighted by molar-refractivity contribution is 0.0518. The fraction of sp³-hybridized carbons (Fsp3) is 0.167. The van der Waals surface area contributed by atoms with Gasteiger partial charge in [-0.25, -0.2) is 9.78 Å². The smallest absolute Gasteiger partial charge is 0.358 e. The highest BCUT2D eigenvalue weighted by atomic mass is 32.1. The quantitative estimate of drug-likeness (QED) is 0.688. The van der Waals surface area contributed by atoms with Crippen molar-refractivity contribution in [2.24, 2.45) is 4.99 Å². The van der Waals surface area contributed by atoms with Gasteiger partial charge in [-0.1, -0.05) is 24.3 Å². The van der Waals surface area contributed by atoms with Gasteiger partial charge >= 0.3 is 5.97 Å². The largest absolute Gasteiger partial charge is 0.461 e. The Kier molecular flexibility index (Phi) is 3.74. The Morgan fingerprint density at radius 1 is 1.29 bits per heavy atom. The van der Waals surface area contributed by atoms with Crippen LogP contribution in [0, 0.1) is 0 Å². The third-order valence-corrected chi connectivity index (χ3v) is 4.77. The Morgan fingerprint density at radius 3 is 2.96 bits per heavy atom. The Hall–Kier alpha value is -2.73. The maximum atomic E-state index is 12.2. The summed E-state index contributed by atoms with van der Waals surface area (Å²) < 4.78 is 7.06. The number of aromatic nitrogens is 2. The van der Waals surface area contributed by atoms with Crippen LogP contribution in [0.1, 0.15) is 33.5 Å². The number of rotatable bonds is 3. The van der Waals surface area contributed by atoms with Crippen LogP contribution in [0.3, 0.4) is 0 Å². The molecule has 0 aliphatic carbocycles. The van der Waals surface area contributed by atoms with Crippen molar-refractivity contribution >= 4 is 23.0 Å². The van der Waals surface area contributed by atoms with Crippen molar-refractivity contribution in [2.75, 3.05) is 6.61 Å². The summed E-state index contributed by atoms with van der Waals surface area (Å²) in [5, 5.41) is 2.04. The lowest BCUT2D eigenvalue weighted by atomic mass is 10.1. The van der Waals surface area contributed by atoms with Crippen LogP contribution >= 0.6 is 11.3 Å². The number of fused-ring (bicyclic) bond motifs is 3. The van der Waals surface area contributed by atoms with E-state index in [0.29, 0.717) is 18.8 Å². The third-order valence-electron chi connectivity index (χ3n) is 3.90. The molecule has 0 saturated heterocycles. The van der Waals surface area contributed by atoms with Gasteiger partial charge in [0.1, 0.15) is 6.33 Å². The van der Waals surface area contributed by atoms with Gasteiger partial charge in [-0.3, -0.25) is 9.56 Å². The molecule has 0 amide bonds. The number of thiophene rings is 1. The number of imidazole rings is 1. The summed E-state index contributed by atoms with van der Waals surface area (Å²) in [6.07, 6.45) is 1.67. The number of carbonyl (C=O) groups excluding carboxylic acids is 1. The molecule has 0 unspecified atom stereocenters. The minimum absolute atomic E-state index is 0.325. The van der Waals surface area contributed by atoms with E-state index >= 15 is 0 Å². The van der Waals surface area contributed by atoms with Crippen molar-refractivity contribution in [2.45, 2.75) is 13.5 Å². The second kappa shape index (κ2) is 6.05. The van der Waals surface area contributed by atoms with Gasteiger partial charge in [0, 0.05) is 5.56 Å². The molecule has 1 aliphatic heterocycles. The monoisotopic (exact) mass is 337 g/mol. The highest BCUT2D eigenvalue weighted by Gasteiger charge is 2.24. The average molecular weight is 337 g/mol. The van der Waals surface area contributed by atoms with Gasteiger partial charge in [-0.2, -0.15) is 0 Å². The van der Waals surface area contributed by atoms with E-state index in [1.54, 1.807) is 24.6 Å². The standard InChI is InChI=1S/C18H15N3O2S/c1-2-23-18(22)17-14-10-19-16(15-8-5-9-24-15)12-6-3-4-7-13(12)21(14)11-20-17/h3-9,11H,2,10H2,1H3. The Morgan fingerprint density at radius 2 is 2.17 bits per heavy atom. The fourth-order valence-electron chi connectivity index (χ4n) is 2.85. The van der Waals surface area contributed by atoms with Crippen molar-refractivity contribution in [1.29, 1.82) is 0 Å². The molecule has 0 fully saturated rings. The molecule has 1 aliphatic rings. The van der Waals surface area contributed by atoms with Gasteiger partial charge < -0.3 is 4.74 Å². The van der Waals surface area contributed by atoms with Gasteiger partial charge in [0.2, 0.25) is 0 Å². The van der Waals surface area contributed by atoms with Gasteiger partial charge in [-0.05, 0) is 24.4 Å². The number of para-hydroxylation sites is 1. The molecule has 0 atom stereocenters.